The number of nitrogens with two attached hydrogens (primary N) is 2. The fraction of sp³-hybridized carbons (Fsp3) is 0.200. The van der Waals surface area contributed by atoms with Crippen LogP contribution in [0.4, 0.5) is 18.9 Å². The average molecular weight is 436 g/mol. The van der Waals surface area contributed by atoms with Gasteiger partial charge in [-0.2, -0.15) is 13.2 Å². The summed E-state index contributed by atoms with van der Waals surface area (Å²) in [5.41, 5.74) is 11.1. The van der Waals surface area contributed by atoms with Crippen molar-refractivity contribution in [2.24, 2.45) is 11.5 Å². The monoisotopic (exact) mass is 436 g/mol. The number of benzene rings is 2. The predicted molar refractivity (Wildman–Crippen MR) is 109 cm³/mol. The number of amides is 2. The molecule has 6 nitrogen and oxygen atoms in total. The summed E-state index contributed by atoms with van der Waals surface area (Å²) < 4.78 is 39.2. The van der Waals surface area contributed by atoms with Crippen molar-refractivity contribution in [3.05, 3.63) is 64.2 Å². The van der Waals surface area contributed by atoms with Crippen molar-refractivity contribution in [1.29, 1.82) is 0 Å². The molecule has 0 radical (unpaired) electrons. The van der Waals surface area contributed by atoms with E-state index in [1.165, 1.54) is 12.1 Å². The van der Waals surface area contributed by atoms with E-state index >= 15 is 0 Å². The van der Waals surface area contributed by atoms with Gasteiger partial charge in [-0.15, -0.1) is 0 Å². The van der Waals surface area contributed by atoms with Crippen molar-refractivity contribution in [2.45, 2.75) is 17.5 Å². The molecule has 2 aromatic rings. The summed E-state index contributed by atoms with van der Waals surface area (Å²) >= 11 is 1.13. The van der Waals surface area contributed by atoms with Crippen LogP contribution < -0.4 is 22.1 Å². The number of anilines is 1. The number of nitrogens with one attached hydrogen (secondary N) is 2. The van der Waals surface area contributed by atoms with Gasteiger partial charge in [0.25, 0.3) is 11.8 Å². The first-order valence-electron chi connectivity index (χ1n) is 8.99. The fourth-order valence-electron chi connectivity index (χ4n) is 2.86. The van der Waals surface area contributed by atoms with Gasteiger partial charge in [-0.1, -0.05) is 23.9 Å². The van der Waals surface area contributed by atoms with Gasteiger partial charge < -0.3 is 22.1 Å². The molecule has 0 aliphatic carbocycles. The van der Waals surface area contributed by atoms with Crippen LogP contribution in [0, 0.1) is 0 Å². The highest BCUT2D eigenvalue weighted by atomic mass is 32.2. The minimum atomic E-state index is -4.55. The van der Waals surface area contributed by atoms with Crippen LogP contribution in [-0.4, -0.2) is 24.9 Å². The third kappa shape index (κ3) is 4.77. The number of primary amides is 1. The highest BCUT2D eigenvalue weighted by Crippen LogP contribution is 2.44. The molecule has 158 valence electrons. The van der Waals surface area contributed by atoms with Gasteiger partial charge in [0.15, 0.2) is 0 Å². The third-order valence-corrected chi connectivity index (χ3v) is 5.39. The topological polar surface area (TPSA) is 110 Å². The molecule has 0 saturated heterocycles. The molecule has 0 bridgehead atoms. The van der Waals surface area contributed by atoms with Crippen LogP contribution in [0.1, 0.15) is 27.9 Å². The van der Waals surface area contributed by atoms with Crippen LogP contribution in [0.3, 0.4) is 0 Å². The lowest BCUT2D eigenvalue weighted by Gasteiger charge is -2.11. The average Bonchev–Trinajstić information content (AvgIpc) is 3.10. The van der Waals surface area contributed by atoms with Crippen LogP contribution in [0.2, 0.25) is 0 Å². The molecule has 6 N–H and O–H groups in total. The van der Waals surface area contributed by atoms with Gasteiger partial charge in [0.1, 0.15) is 0 Å². The van der Waals surface area contributed by atoms with Crippen molar-refractivity contribution in [3.63, 3.8) is 0 Å². The van der Waals surface area contributed by atoms with E-state index in [9.17, 15) is 22.8 Å². The molecule has 2 aromatic carbocycles. The number of halogens is 3. The molecule has 0 unspecified atom stereocenters. The molecule has 30 heavy (non-hydrogen) atoms. The number of rotatable bonds is 6. The Morgan fingerprint density at radius 2 is 1.87 bits per heavy atom. The van der Waals surface area contributed by atoms with Crippen molar-refractivity contribution in [2.75, 3.05) is 18.4 Å². The largest absolute Gasteiger partial charge is 0.416 e. The van der Waals surface area contributed by atoms with Crippen LogP contribution in [-0.2, 0) is 11.0 Å². The number of hydrogen-bond acceptors (Lipinski definition) is 5. The molecule has 10 heteroatoms. The van der Waals surface area contributed by atoms with Crippen molar-refractivity contribution < 1.29 is 22.8 Å². The molecule has 0 saturated carbocycles. The van der Waals surface area contributed by atoms with E-state index in [-0.39, 0.29) is 17.0 Å². The molecule has 0 aromatic heterocycles. The summed E-state index contributed by atoms with van der Waals surface area (Å²) in [6.45, 7) is 0.911. The van der Waals surface area contributed by atoms with Crippen LogP contribution in [0.25, 0.3) is 5.57 Å². The normalized spacial score (nSPS) is 14.7. The Bertz CT molecular complexity index is 1020. The Hall–Kier alpha value is -2.98. The molecule has 0 atom stereocenters. The first-order valence-corrected chi connectivity index (χ1v) is 9.81. The minimum absolute atomic E-state index is 0.0554. The number of carbonyl (C=O) groups is 2. The maximum Gasteiger partial charge on any atom is 0.416 e. The number of carbonyl (C=O) groups excluding carboxylic acids is 2. The number of fused-ring (bicyclic) bond motifs is 1. The summed E-state index contributed by atoms with van der Waals surface area (Å²) in [5.74, 6) is -1.13. The Kier molecular flexibility index (Phi) is 6.37. The number of alkyl halides is 3. The maximum absolute atomic E-state index is 13.1. The predicted octanol–water partition coefficient (Wildman–Crippen LogP) is 3.16. The molecule has 1 aliphatic rings. The van der Waals surface area contributed by atoms with E-state index in [1.807, 2.05) is 0 Å². The van der Waals surface area contributed by atoms with Gasteiger partial charge in [0.05, 0.1) is 21.9 Å². The van der Waals surface area contributed by atoms with E-state index in [2.05, 4.69) is 10.6 Å². The molecule has 0 spiro atoms. The van der Waals surface area contributed by atoms with Gasteiger partial charge in [-0.05, 0) is 48.9 Å². The molecule has 1 heterocycles. The van der Waals surface area contributed by atoms with Crippen LogP contribution >= 0.6 is 11.8 Å². The molecule has 1 aliphatic heterocycles. The fourth-order valence-corrected chi connectivity index (χ4v) is 3.98. The van der Waals surface area contributed by atoms with Gasteiger partial charge >= 0.3 is 6.18 Å². The molecule has 3 rings (SSSR count). The van der Waals surface area contributed by atoms with Gasteiger partial charge in [-0.25, -0.2) is 0 Å². The Morgan fingerprint density at radius 3 is 2.53 bits per heavy atom. The Labute approximate surface area is 174 Å². The second-order valence-corrected chi connectivity index (χ2v) is 7.54. The van der Waals surface area contributed by atoms with Crippen molar-refractivity contribution in [3.8, 4) is 0 Å². The quantitative estimate of drug-likeness (QED) is 0.411. The van der Waals surface area contributed by atoms with Crippen LogP contribution in [0.5, 0.6) is 0 Å². The summed E-state index contributed by atoms with van der Waals surface area (Å²) in [7, 11) is 0. The number of hydrogen-bond donors (Lipinski definition) is 4. The smallest absolute Gasteiger partial charge is 0.365 e. The maximum atomic E-state index is 13.1. The van der Waals surface area contributed by atoms with E-state index in [4.69, 9.17) is 11.5 Å². The second-order valence-electron chi connectivity index (χ2n) is 6.48. The van der Waals surface area contributed by atoms with Gasteiger partial charge in [0, 0.05) is 17.0 Å². The Morgan fingerprint density at radius 1 is 1.10 bits per heavy atom. The molecular weight excluding hydrogens is 417 g/mol. The van der Waals surface area contributed by atoms with E-state index in [0.29, 0.717) is 40.7 Å². The SMILES string of the molecule is NCCCNC(=O)c1ccc2c(c1)S/C(=C(/C(N)=O)c1cccc(C(F)(F)F)c1)N2. The summed E-state index contributed by atoms with van der Waals surface area (Å²) in [6.07, 6.45) is -3.90. The van der Waals surface area contributed by atoms with Crippen LogP contribution in [0.15, 0.2) is 52.4 Å². The van der Waals surface area contributed by atoms with Gasteiger partial charge in [-0.3, -0.25) is 9.59 Å². The van der Waals surface area contributed by atoms with Gasteiger partial charge in [0.2, 0.25) is 0 Å². The lowest BCUT2D eigenvalue weighted by Crippen LogP contribution is -2.25. The summed E-state index contributed by atoms with van der Waals surface area (Å²) in [4.78, 5) is 25.0. The standard InChI is InChI=1S/C20H19F3N4O2S/c21-20(22,23)13-4-1-3-11(9-13)16(17(25)28)19-27-14-6-5-12(10-15(14)30-19)18(29)26-8-2-7-24/h1,3-6,9-10,27H,2,7-8,24H2,(H2,25,28)(H,26,29)/b19-16+. The minimum Gasteiger partial charge on any atom is -0.365 e. The first kappa shape index (κ1) is 21.7. The Balaban J connectivity index is 1.91. The zero-order valence-corrected chi connectivity index (χ0v) is 16.5. The van der Waals surface area contributed by atoms with Crippen molar-refractivity contribution >= 4 is 34.8 Å². The number of thioether (sulfide) groups is 1. The highest BCUT2D eigenvalue weighted by molar-refractivity contribution is 8.04. The zero-order valence-electron chi connectivity index (χ0n) is 15.7. The first-order chi connectivity index (χ1) is 14.2. The lowest BCUT2D eigenvalue weighted by molar-refractivity contribution is -0.137. The molecular formula is C20H19F3N4O2S. The molecule has 0 fully saturated rings. The van der Waals surface area contributed by atoms with E-state index in [0.717, 1.165) is 23.9 Å². The summed E-state index contributed by atoms with van der Waals surface area (Å²) in [5, 5.41) is 6.05. The van der Waals surface area contributed by atoms with E-state index < -0.39 is 17.6 Å². The summed E-state index contributed by atoms with van der Waals surface area (Å²) in [6, 6.07) is 9.34. The van der Waals surface area contributed by atoms with Crippen molar-refractivity contribution in [1.82, 2.24) is 5.32 Å². The zero-order chi connectivity index (χ0) is 21.9. The molecule has 2 amide bonds. The third-order valence-electron chi connectivity index (χ3n) is 4.32. The van der Waals surface area contributed by atoms with E-state index in [1.54, 1.807) is 18.2 Å². The lowest BCUT2D eigenvalue weighted by atomic mass is 10.0. The second kappa shape index (κ2) is 8.80. The highest BCUT2D eigenvalue weighted by Gasteiger charge is 2.32.